The Labute approximate surface area is 170 Å². The van der Waals surface area contributed by atoms with Crippen molar-refractivity contribution in [3.05, 3.63) is 60.4 Å². The molecule has 0 aliphatic heterocycles. The molecule has 3 aromatic rings. The second-order valence-electron chi connectivity index (χ2n) is 7.38. The van der Waals surface area contributed by atoms with Crippen LogP contribution in [-0.4, -0.2) is 41.4 Å². The molecule has 2 aromatic carbocycles. The Morgan fingerprint density at radius 3 is 2.48 bits per heavy atom. The van der Waals surface area contributed by atoms with Gasteiger partial charge < -0.3 is 0 Å². The summed E-state index contributed by atoms with van der Waals surface area (Å²) >= 11 is 0. The Balaban J connectivity index is 1.50. The Bertz CT molecular complexity index is 1120. The standard InChI is InChI=1S/C21H24N4O3S/c1-24(17-7-3-2-4-8-17)29(27,28)18-13-11-16(12-14-18)21(26)23-25-15-22-19-9-5-6-10-20(19)25/h5-6,9-15,17H,2-4,7-8H2,1H3,(H,23,26). The predicted octanol–water partition coefficient (Wildman–Crippen LogP) is 3.37. The molecule has 0 unspecified atom stereocenters. The highest BCUT2D eigenvalue weighted by Gasteiger charge is 2.29. The number of aromatic nitrogens is 2. The number of nitrogens with one attached hydrogen (secondary N) is 1. The molecule has 1 fully saturated rings. The first-order chi connectivity index (χ1) is 14.0. The van der Waals surface area contributed by atoms with Gasteiger partial charge in [-0.15, -0.1) is 0 Å². The number of hydrogen-bond acceptors (Lipinski definition) is 4. The van der Waals surface area contributed by atoms with Crippen LogP contribution in [-0.2, 0) is 10.0 Å². The topological polar surface area (TPSA) is 84.3 Å². The van der Waals surface area contributed by atoms with E-state index in [9.17, 15) is 13.2 Å². The number of sulfonamides is 1. The molecule has 0 atom stereocenters. The summed E-state index contributed by atoms with van der Waals surface area (Å²) in [5, 5.41) is 0. The third kappa shape index (κ3) is 3.90. The zero-order valence-electron chi connectivity index (χ0n) is 16.3. The van der Waals surface area contributed by atoms with Gasteiger partial charge in [0.15, 0.2) is 0 Å². The van der Waals surface area contributed by atoms with Crippen LogP contribution in [0.15, 0.2) is 59.8 Å². The number of benzene rings is 2. The van der Waals surface area contributed by atoms with Gasteiger partial charge in [0.05, 0.1) is 15.9 Å². The lowest BCUT2D eigenvalue weighted by Crippen LogP contribution is -2.38. The average molecular weight is 413 g/mol. The summed E-state index contributed by atoms with van der Waals surface area (Å²) in [6.07, 6.45) is 6.63. The maximum Gasteiger partial charge on any atom is 0.270 e. The van der Waals surface area contributed by atoms with Crippen molar-refractivity contribution in [2.24, 2.45) is 0 Å². The minimum absolute atomic E-state index is 0.0475. The summed E-state index contributed by atoms with van der Waals surface area (Å²) in [7, 11) is -1.92. The first-order valence-corrected chi connectivity index (χ1v) is 11.2. The molecule has 1 aromatic heterocycles. The second-order valence-corrected chi connectivity index (χ2v) is 9.38. The van der Waals surface area contributed by atoms with E-state index in [0.717, 1.165) is 36.7 Å². The number of fused-ring (bicyclic) bond motifs is 1. The van der Waals surface area contributed by atoms with Crippen molar-refractivity contribution in [2.75, 3.05) is 12.5 Å². The number of hydrogen-bond donors (Lipinski definition) is 1. The zero-order chi connectivity index (χ0) is 20.4. The molecule has 152 valence electrons. The number of amides is 1. The summed E-state index contributed by atoms with van der Waals surface area (Å²) in [5.74, 6) is -0.335. The van der Waals surface area contributed by atoms with Gasteiger partial charge in [0, 0.05) is 18.7 Å². The summed E-state index contributed by atoms with van der Waals surface area (Å²) in [5.41, 5.74) is 4.71. The van der Waals surface area contributed by atoms with Gasteiger partial charge in [-0.25, -0.2) is 18.1 Å². The highest BCUT2D eigenvalue weighted by atomic mass is 32.2. The molecule has 7 nitrogen and oxygen atoms in total. The van der Waals surface area contributed by atoms with E-state index in [1.807, 2.05) is 24.3 Å². The van der Waals surface area contributed by atoms with Gasteiger partial charge in [-0.05, 0) is 49.2 Å². The molecular weight excluding hydrogens is 388 g/mol. The fraction of sp³-hybridized carbons (Fsp3) is 0.333. The largest absolute Gasteiger partial charge is 0.270 e. The van der Waals surface area contributed by atoms with Gasteiger partial charge in [0.2, 0.25) is 10.0 Å². The monoisotopic (exact) mass is 412 g/mol. The molecule has 0 radical (unpaired) electrons. The lowest BCUT2D eigenvalue weighted by molar-refractivity contribution is 0.101. The summed E-state index contributed by atoms with van der Waals surface area (Å²) < 4.78 is 28.9. The van der Waals surface area contributed by atoms with E-state index in [2.05, 4.69) is 10.4 Å². The van der Waals surface area contributed by atoms with Crippen molar-refractivity contribution in [2.45, 2.75) is 43.0 Å². The van der Waals surface area contributed by atoms with Crippen molar-refractivity contribution in [1.82, 2.24) is 14.0 Å². The fourth-order valence-corrected chi connectivity index (χ4v) is 5.22. The van der Waals surface area contributed by atoms with E-state index in [1.165, 1.54) is 35.0 Å². The van der Waals surface area contributed by atoms with Crippen LogP contribution in [0.5, 0.6) is 0 Å². The Hall–Kier alpha value is -2.71. The number of para-hydroxylation sites is 2. The molecule has 1 heterocycles. The summed E-state index contributed by atoms with van der Waals surface area (Å²) in [6.45, 7) is 0. The molecular formula is C21H24N4O3S. The SMILES string of the molecule is CN(C1CCCCC1)S(=O)(=O)c1ccc(C(=O)Nn2cnc3ccccc32)cc1. The molecule has 0 spiro atoms. The molecule has 4 rings (SSSR count). The van der Waals surface area contributed by atoms with Crippen LogP contribution < -0.4 is 5.43 Å². The molecule has 1 aliphatic carbocycles. The lowest BCUT2D eigenvalue weighted by atomic mass is 9.96. The Morgan fingerprint density at radius 2 is 1.76 bits per heavy atom. The van der Waals surface area contributed by atoms with Crippen LogP contribution in [0.2, 0.25) is 0 Å². The smallest absolute Gasteiger partial charge is 0.267 e. The fourth-order valence-electron chi connectivity index (χ4n) is 3.81. The molecule has 1 saturated carbocycles. The zero-order valence-corrected chi connectivity index (χ0v) is 17.1. The van der Waals surface area contributed by atoms with Gasteiger partial charge in [0.1, 0.15) is 6.33 Å². The van der Waals surface area contributed by atoms with Gasteiger partial charge in [-0.1, -0.05) is 31.4 Å². The second kappa shape index (κ2) is 7.96. The van der Waals surface area contributed by atoms with Crippen LogP contribution >= 0.6 is 0 Å². The summed E-state index contributed by atoms with van der Waals surface area (Å²) in [4.78, 5) is 17.0. The van der Waals surface area contributed by atoms with Crippen LogP contribution in [0.1, 0.15) is 42.5 Å². The van der Waals surface area contributed by atoms with Crippen molar-refractivity contribution >= 4 is 27.0 Å². The van der Waals surface area contributed by atoms with E-state index in [4.69, 9.17) is 0 Å². The first kappa shape index (κ1) is 19.6. The maximum absolute atomic E-state index is 12.9. The number of nitrogens with zero attached hydrogens (tertiary/aromatic N) is 3. The molecule has 8 heteroatoms. The highest BCUT2D eigenvalue weighted by molar-refractivity contribution is 7.89. The molecule has 1 aliphatic rings. The predicted molar refractivity (Wildman–Crippen MR) is 112 cm³/mol. The number of imidazole rings is 1. The Kier molecular flexibility index (Phi) is 5.38. The lowest BCUT2D eigenvalue weighted by Gasteiger charge is -2.30. The van der Waals surface area contributed by atoms with Gasteiger partial charge >= 0.3 is 0 Å². The minimum atomic E-state index is -3.57. The third-order valence-corrected chi connectivity index (χ3v) is 7.48. The van der Waals surface area contributed by atoms with E-state index in [1.54, 1.807) is 18.1 Å². The number of carbonyl (C=O) groups is 1. The Morgan fingerprint density at radius 1 is 1.07 bits per heavy atom. The molecule has 0 saturated heterocycles. The van der Waals surface area contributed by atoms with Crippen LogP contribution in [0.3, 0.4) is 0 Å². The van der Waals surface area contributed by atoms with Crippen molar-refractivity contribution in [3.63, 3.8) is 0 Å². The van der Waals surface area contributed by atoms with E-state index in [0.29, 0.717) is 5.56 Å². The van der Waals surface area contributed by atoms with E-state index in [-0.39, 0.29) is 16.8 Å². The van der Waals surface area contributed by atoms with Crippen LogP contribution in [0.25, 0.3) is 11.0 Å². The molecule has 1 amide bonds. The van der Waals surface area contributed by atoms with Gasteiger partial charge in [-0.2, -0.15) is 4.31 Å². The maximum atomic E-state index is 12.9. The van der Waals surface area contributed by atoms with Crippen molar-refractivity contribution in [3.8, 4) is 0 Å². The normalized spacial score (nSPS) is 15.7. The third-order valence-electron chi connectivity index (χ3n) is 5.56. The molecule has 29 heavy (non-hydrogen) atoms. The van der Waals surface area contributed by atoms with Crippen molar-refractivity contribution < 1.29 is 13.2 Å². The quantitative estimate of drug-likeness (QED) is 0.696. The minimum Gasteiger partial charge on any atom is -0.267 e. The number of carbonyl (C=O) groups excluding carboxylic acids is 1. The molecule has 0 bridgehead atoms. The van der Waals surface area contributed by atoms with E-state index >= 15 is 0 Å². The van der Waals surface area contributed by atoms with Crippen LogP contribution in [0, 0.1) is 0 Å². The van der Waals surface area contributed by atoms with Gasteiger partial charge in [0.25, 0.3) is 5.91 Å². The van der Waals surface area contributed by atoms with Crippen molar-refractivity contribution in [1.29, 1.82) is 0 Å². The van der Waals surface area contributed by atoms with Gasteiger partial charge in [-0.3, -0.25) is 10.2 Å². The summed E-state index contributed by atoms with van der Waals surface area (Å²) in [6, 6.07) is 13.6. The average Bonchev–Trinajstić information content (AvgIpc) is 3.16. The molecule has 1 N–H and O–H groups in total. The van der Waals surface area contributed by atoms with E-state index < -0.39 is 10.0 Å². The highest BCUT2D eigenvalue weighted by Crippen LogP contribution is 2.26. The van der Waals surface area contributed by atoms with Crippen LogP contribution in [0.4, 0.5) is 0 Å². The number of rotatable bonds is 5. The first-order valence-electron chi connectivity index (χ1n) is 9.78.